The Labute approximate surface area is 142 Å². The summed E-state index contributed by atoms with van der Waals surface area (Å²) in [6.07, 6.45) is 0. The molecule has 4 nitrogen and oxygen atoms in total. The topological polar surface area (TPSA) is 60.2 Å². The van der Waals surface area contributed by atoms with E-state index in [2.05, 4.69) is 31.9 Å². The summed E-state index contributed by atoms with van der Waals surface area (Å²) >= 11 is 6.74. The molecule has 0 heterocycles. The van der Waals surface area contributed by atoms with Crippen LogP contribution < -0.4 is 0 Å². The number of non-ortho nitro benzene ring substituents is 1. The fourth-order valence-corrected chi connectivity index (χ4v) is 2.97. The number of benzene rings is 2. The Balaban J connectivity index is 2.17. The first-order valence-corrected chi connectivity index (χ1v) is 8.05. The average molecular weight is 431 g/mol. The van der Waals surface area contributed by atoms with Gasteiger partial charge in [-0.1, -0.05) is 44.0 Å². The number of nitro benzene ring substituents is 1. The summed E-state index contributed by atoms with van der Waals surface area (Å²) in [4.78, 5) is 21.5. The third kappa shape index (κ3) is 3.78. The second-order valence-electron chi connectivity index (χ2n) is 4.52. The van der Waals surface area contributed by atoms with Crippen LogP contribution in [0.2, 0.25) is 0 Å². The highest BCUT2D eigenvalue weighted by molar-refractivity contribution is 9.12. The fourth-order valence-electron chi connectivity index (χ4n) is 1.86. The highest BCUT2D eigenvalue weighted by Crippen LogP contribution is 2.34. The molecule has 0 radical (unpaired) electrons. The quantitative estimate of drug-likeness (QED) is 0.296. The highest BCUT2D eigenvalue weighted by atomic mass is 79.9. The van der Waals surface area contributed by atoms with Crippen molar-refractivity contribution >= 4 is 43.3 Å². The first kappa shape index (κ1) is 16.8. The van der Waals surface area contributed by atoms with Crippen LogP contribution in [0.15, 0.2) is 48.5 Å². The van der Waals surface area contributed by atoms with Crippen molar-refractivity contribution in [1.29, 1.82) is 0 Å². The summed E-state index contributed by atoms with van der Waals surface area (Å²) in [5.41, 5.74) is 1.09. The van der Waals surface area contributed by atoms with Gasteiger partial charge in [-0.15, -0.1) is 0 Å². The molecule has 0 N–H and O–H groups in total. The van der Waals surface area contributed by atoms with E-state index in [1.165, 1.54) is 36.4 Å². The Morgan fingerprint density at radius 1 is 1.05 bits per heavy atom. The second kappa shape index (κ2) is 7.11. The molecule has 0 saturated heterocycles. The number of ketones is 1. The van der Waals surface area contributed by atoms with Crippen LogP contribution in [-0.2, 0) is 0 Å². The molecule has 0 aromatic heterocycles. The number of rotatable bonds is 5. The van der Waals surface area contributed by atoms with Crippen molar-refractivity contribution in [1.82, 2.24) is 0 Å². The van der Waals surface area contributed by atoms with Gasteiger partial charge in [0, 0.05) is 17.7 Å². The maximum absolute atomic E-state index is 12.9. The van der Waals surface area contributed by atoms with Crippen molar-refractivity contribution in [2.75, 3.05) is 0 Å². The van der Waals surface area contributed by atoms with Crippen molar-refractivity contribution in [2.45, 2.75) is 9.65 Å². The molecule has 22 heavy (non-hydrogen) atoms. The molecule has 2 atom stereocenters. The number of nitrogens with zero attached hydrogens (tertiary/aromatic N) is 1. The van der Waals surface area contributed by atoms with Gasteiger partial charge in [0.25, 0.3) is 5.69 Å². The molecule has 0 unspecified atom stereocenters. The van der Waals surface area contributed by atoms with Crippen LogP contribution in [0.1, 0.15) is 20.7 Å². The minimum absolute atomic E-state index is 0.0144. The maximum atomic E-state index is 12.9. The summed E-state index contributed by atoms with van der Waals surface area (Å²) in [5, 5.41) is 10.6. The lowest BCUT2D eigenvalue weighted by Gasteiger charge is -2.16. The SMILES string of the molecule is O=C(c1ccc(F)cc1)[C@@H](Br)[C@H](Br)c1ccc([N+](=O)[O-])cc1. The van der Waals surface area contributed by atoms with Crippen LogP contribution in [0.3, 0.4) is 0 Å². The van der Waals surface area contributed by atoms with Gasteiger partial charge in [-0.2, -0.15) is 0 Å². The first-order valence-electron chi connectivity index (χ1n) is 6.22. The predicted molar refractivity (Wildman–Crippen MR) is 88.2 cm³/mol. The molecule has 0 saturated carbocycles. The van der Waals surface area contributed by atoms with Gasteiger partial charge in [-0.3, -0.25) is 14.9 Å². The monoisotopic (exact) mass is 429 g/mol. The number of halogens is 3. The summed E-state index contributed by atoms with van der Waals surface area (Å²) in [5.74, 6) is -0.617. The van der Waals surface area contributed by atoms with Gasteiger partial charge < -0.3 is 0 Å². The van der Waals surface area contributed by atoms with E-state index in [4.69, 9.17) is 0 Å². The molecule has 114 valence electrons. The van der Waals surface area contributed by atoms with E-state index in [9.17, 15) is 19.3 Å². The van der Waals surface area contributed by atoms with Gasteiger partial charge in [-0.05, 0) is 29.8 Å². The fraction of sp³-hybridized carbons (Fsp3) is 0.133. The van der Waals surface area contributed by atoms with E-state index in [1.54, 1.807) is 12.1 Å². The van der Waals surface area contributed by atoms with Crippen molar-refractivity contribution in [3.05, 3.63) is 75.6 Å². The number of hydrogen-bond acceptors (Lipinski definition) is 3. The Morgan fingerprint density at radius 2 is 1.59 bits per heavy atom. The Morgan fingerprint density at radius 3 is 2.09 bits per heavy atom. The number of carbonyl (C=O) groups is 1. The van der Waals surface area contributed by atoms with Gasteiger partial charge in [0.15, 0.2) is 5.78 Å². The second-order valence-corrected chi connectivity index (χ2v) is 6.50. The minimum atomic E-state index is -0.584. The Kier molecular flexibility index (Phi) is 5.42. The molecule has 2 aromatic rings. The standard InChI is InChI=1S/C15H10Br2FNO3/c16-13(9-3-7-12(8-4-9)19(21)22)14(17)15(20)10-1-5-11(18)6-2-10/h1-8,13-14H/t13-,14+/m1/s1. The molecule has 0 spiro atoms. The number of Topliss-reactive ketones (excluding diaryl/α,β-unsaturated/α-hetero) is 1. The molecule has 0 amide bonds. The van der Waals surface area contributed by atoms with Crippen LogP contribution >= 0.6 is 31.9 Å². The van der Waals surface area contributed by atoms with Gasteiger partial charge in [0.1, 0.15) is 5.82 Å². The molecule has 7 heteroatoms. The van der Waals surface area contributed by atoms with Gasteiger partial charge in [0.2, 0.25) is 0 Å². The predicted octanol–water partition coefficient (Wildman–Crippen LogP) is 4.82. The van der Waals surface area contributed by atoms with E-state index >= 15 is 0 Å². The molecule has 0 fully saturated rings. The molecular formula is C15H10Br2FNO3. The van der Waals surface area contributed by atoms with Crippen LogP contribution in [-0.4, -0.2) is 15.5 Å². The van der Waals surface area contributed by atoms with Crippen LogP contribution in [0.25, 0.3) is 0 Å². The van der Waals surface area contributed by atoms with Crippen molar-refractivity contribution in [3.63, 3.8) is 0 Å². The lowest BCUT2D eigenvalue weighted by molar-refractivity contribution is -0.384. The lowest BCUT2D eigenvalue weighted by Crippen LogP contribution is -2.19. The number of alkyl halides is 2. The molecule has 0 aliphatic rings. The van der Waals surface area contributed by atoms with Gasteiger partial charge in [0.05, 0.1) is 14.6 Å². The van der Waals surface area contributed by atoms with E-state index in [0.717, 1.165) is 5.56 Å². The smallest absolute Gasteiger partial charge is 0.269 e. The third-order valence-corrected chi connectivity index (χ3v) is 5.77. The Hall–Kier alpha value is -1.60. The van der Waals surface area contributed by atoms with E-state index < -0.39 is 15.6 Å². The van der Waals surface area contributed by atoms with Gasteiger partial charge >= 0.3 is 0 Å². The number of hydrogen-bond donors (Lipinski definition) is 0. The molecule has 2 aromatic carbocycles. The van der Waals surface area contributed by atoms with Gasteiger partial charge in [-0.25, -0.2) is 4.39 Å². The number of carbonyl (C=O) groups excluding carboxylic acids is 1. The summed E-state index contributed by atoms with van der Waals surface area (Å²) in [7, 11) is 0. The van der Waals surface area contributed by atoms with Crippen LogP contribution in [0.4, 0.5) is 10.1 Å². The zero-order valence-electron chi connectivity index (χ0n) is 11.1. The number of nitro groups is 1. The van der Waals surface area contributed by atoms with Crippen molar-refractivity contribution < 1.29 is 14.1 Å². The zero-order chi connectivity index (χ0) is 16.3. The maximum Gasteiger partial charge on any atom is 0.269 e. The minimum Gasteiger partial charge on any atom is -0.293 e. The van der Waals surface area contributed by atoms with Crippen molar-refractivity contribution in [3.8, 4) is 0 Å². The van der Waals surface area contributed by atoms with E-state index in [-0.39, 0.29) is 16.3 Å². The molecule has 0 bridgehead atoms. The lowest BCUT2D eigenvalue weighted by atomic mass is 10.0. The molecule has 0 aliphatic heterocycles. The molecule has 0 aliphatic carbocycles. The van der Waals surface area contributed by atoms with E-state index in [1.807, 2.05) is 0 Å². The third-order valence-electron chi connectivity index (χ3n) is 3.06. The van der Waals surface area contributed by atoms with Crippen LogP contribution in [0, 0.1) is 15.9 Å². The average Bonchev–Trinajstić information content (AvgIpc) is 2.53. The largest absolute Gasteiger partial charge is 0.293 e. The highest BCUT2D eigenvalue weighted by Gasteiger charge is 2.26. The normalized spacial score (nSPS) is 13.4. The summed E-state index contributed by atoms with van der Waals surface area (Å²) in [6.45, 7) is 0. The zero-order valence-corrected chi connectivity index (χ0v) is 14.3. The summed E-state index contributed by atoms with van der Waals surface area (Å²) < 4.78 is 12.9. The van der Waals surface area contributed by atoms with E-state index in [0.29, 0.717) is 5.56 Å². The van der Waals surface area contributed by atoms with Crippen LogP contribution in [0.5, 0.6) is 0 Å². The summed E-state index contributed by atoms with van der Waals surface area (Å²) in [6, 6.07) is 11.2. The Bertz CT molecular complexity index is 689. The molecular weight excluding hydrogens is 421 g/mol. The molecule has 2 rings (SSSR count). The van der Waals surface area contributed by atoms with Crippen molar-refractivity contribution in [2.24, 2.45) is 0 Å². The first-order chi connectivity index (χ1) is 10.4.